The summed E-state index contributed by atoms with van der Waals surface area (Å²) in [5, 5.41) is 13.8. The summed E-state index contributed by atoms with van der Waals surface area (Å²) in [7, 11) is 0. The molecule has 0 saturated carbocycles. The van der Waals surface area contributed by atoms with Gasteiger partial charge in [0.15, 0.2) is 5.76 Å². The predicted molar refractivity (Wildman–Crippen MR) is 111 cm³/mol. The van der Waals surface area contributed by atoms with Gasteiger partial charge in [0.05, 0.1) is 4.92 Å². The van der Waals surface area contributed by atoms with Crippen molar-refractivity contribution < 1.29 is 14.1 Å². The molecule has 1 aliphatic heterocycles. The van der Waals surface area contributed by atoms with Crippen LogP contribution >= 0.6 is 0 Å². The SMILES string of the molecule is O=C(Nc1ccc(N2CCCCC2)cc1)c1ccc(-c2cccc([N+](=O)[O-])c2)o1. The van der Waals surface area contributed by atoms with Gasteiger partial charge in [-0.15, -0.1) is 0 Å². The van der Waals surface area contributed by atoms with Crippen molar-refractivity contribution in [2.45, 2.75) is 19.3 Å². The number of piperidine rings is 1. The lowest BCUT2D eigenvalue weighted by molar-refractivity contribution is -0.384. The average molecular weight is 391 g/mol. The van der Waals surface area contributed by atoms with Crippen LogP contribution in [0.25, 0.3) is 11.3 Å². The zero-order valence-electron chi connectivity index (χ0n) is 15.8. The van der Waals surface area contributed by atoms with Crippen molar-refractivity contribution in [3.8, 4) is 11.3 Å². The van der Waals surface area contributed by atoms with Crippen LogP contribution in [-0.2, 0) is 0 Å². The summed E-state index contributed by atoms with van der Waals surface area (Å²) >= 11 is 0. The Kier molecular flexibility index (Phi) is 5.29. The molecule has 0 radical (unpaired) electrons. The molecule has 1 saturated heterocycles. The predicted octanol–water partition coefficient (Wildman–Crippen LogP) is 5.10. The summed E-state index contributed by atoms with van der Waals surface area (Å²) < 4.78 is 5.61. The minimum Gasteiger partial charge on any atom is -0.451 e. The maximum Gasteiger partial charge on any atom is 0.291 e. The van der Waals surface area contributed by atoms with Crippen molar-refractivity contribution in [2.24, 2.45) is 0 Å². The number of carbonyl (C=O) groups excluding carboxylic acids is 1. The fourth-order valence-corrected chi connectivity index (χ4v) is 3.49. The number of amides is 1. The Hall–Kier alpha value is -3.61. The minimum atomic E-state index is -0.465. The highest BCUT2D eigenvalue weighted by atomic mass is 16.6. The van der Waals surface area contributed by atoms with Gasteiger partial charge in [0, 0.05) is 42.2 Å². The van der Waals surface area contributed by atoms with E-state index in [0.717, 1.165) is 18.8 Å². The summed E-state index contributed by atoms with van der Waals surface area (Å²) in [6.07, 6.45) is 3.71. The molecule has 0 unspecified atom stereocenters. The zero-order valence-corrected chi connectivity index (χ0v) is 15.8. The van der Waals surface area contributed by atoms with Gasteiger partial charge < -0.3 is 14.6 Å². The van der Waals surface area contributed by atoms with E-state index in [1.165, 1.54) is 31.4 Å². The largest absolute Gasteiger partial charge is 0.451 e. The molecule has 1 fully saturated rings. The van der Waals surface area contributed by atoms with Crippen LogP contribution in [0.3, 0.4) is 0 Å². The smallest absolute Gasteiger partial charge is 0.291 e. The van der Waals surface area contributed by atoms with Crippen LogP contribution < -0.4 is 10.2 Å². The third-order valence-corrected chi connectivity index (χ3v) is 5.02. The van der Waals surface area contributed by atoms with Gasteiger partial charge in [0.1, 0.15) is 5.76 Å². The van der Waals surface area contributed by atoms with Gasteiger partial charge in [-0.2, -0.15) is 0 Å². The fourth-order valence-electron chi connectivity index (χ4n) is 3.49. The number of anilines is 2. The van der Waals surface area contributed by atoms with E-state index in [-0.39, 0.29) is 17.4 Å². The number of nitrogens with zero attached hydrogens (tertiary/aromatic N) is 2. The first-order chi connectivity index (χ1) is 14.1. The first kappa shape index (κ1) is 18.7. The van der Waals surface area contributed by atoms with E-state index in [0.29, 0.717) is 17.0 Å². The zero-order chi connectivity index (χ0) is 20.2. The molecule has 1 N–H and O–H groups in total. The Labute approximate surface area is 168 Å². The summed E-state index contributed by atoms with van der Waals surface area (Å²) in [5.74, 6) is 0.179. The molecule has 3 aromatic rings. The lowest BCUT2D eigenvalue weighted by Gasteiger charge is -2.28. The molecule has 29 heavy (non-hydrogen) atoms. The Morgan fingerprint density at radius 3 is 2.48 bits per heavy atom. The number of hydrogen-bond donors (Lipinski definition) is 1. The van der Waals surface area contributed by atoms with Crippen molar-refractivity contribution in [3.05, 3.63) is 76.5 Å². The third kappa shape index (κ3) is 4.29. The van der Waals surface area contributed by atoms with Gasteiger partial charge >= 0.3 is 0 Å². The first-order valence-corrected chi connectivity index (χ1v) is 9.61. The van der Waals surface area contributed by atoms with Gasteiger partial charge in [-0.25, -0.2) is 0 Å². The normalized spacial score (nSPS) is 13.9. The Balaban J connectivity index is 1.44. The van der Waals surface area contributed by atoms with Crippen LogP contribution in [0.2, 0.25) is 0 Å². The fraction of sp³-hybridized carbons (Fsp3) is 0.227. The molecule has 0 spiro atoms. The highest BCUT2D eigenvalue weighted by Gasteiger charge is 2.15. The van der Waals surface area contributed by atoms with Crippen molar-refractivity contribution in [3.63, 3.8) is 0 Å². The molecule has 1 aromatic heterocycles. The van der Waals surface area contributed by atoms with Crippen molar-refractivity contribution >= 4 is 23.0 Å². The lowest BCUT2D eigenvalue weighted by Crippen LogP contribution is -2.29. The maximum absolute atomic E-state index is 12.5. The molecule has 148 valence electrons. The number of benzene rings is 2. The number of carbonyl (C=O) groups is 1. The van der Waals surface area contributed by atoms with Gasteiger partial charge in [0.2, 0.25) is 0 Å². The van der Waals surface area contributed by atoms with E-state index in [9.17, 15) is 14.9 Å². The molecular formula is C22H21N3O4. The number of nitro benzene ring substituents is 1. The molecule has 0 atom stereocenters. The molecule has 0 bridgehead atoms. The minimum absolute atomic E-state index is 0.0290. The van der Waals surface area contributed by atoms with Crippen molar-refractivity contribution in [1.29, 1.82) is 0 Å². The topological polar surface area (TPSA) is 88.6 Å². The summed E-state index contributed by atoms with van der Waals surface area (Å²) in [4.78, 5) is 25.3. The molecule has 2 heterocycles. The number of rotatable bonds is 5. The van der Waals surface area contributed by atoms with Gasteiger partial charge in [-0.3, -0.25) is 14.9 Å². The molecule has 1 aliphatic rings. The Bertz CT molecular complexity index is 1020. The van der Waals surface area contributed by atoms with Crippen LogP contribution in [0.4, 0.5) is 17.1 Å². The average Bonchev–Trinajstić information content (AvgIpc) is 3.26. The molecule has 2 aromatic carbocycles. The summed E-state index contributed by atoms with van der Waals surface area (Å²) in [5.41, 5.74) is 2.36. The standard InChI is InChI=1S/C22H21N3O4/c26-22(23-17-7-9-18(10-8-17)24-13-2-1-3-14-24)21-12-11-20(29-21)16-5-4-6-19(15-16)25(27)28/h4-12,15H,1-3,13-14H2,(H,23,26). The summed E-state index contributed by atoms with van der Waals surface area (Å²) in [6, 6.07) is 17.1. The Morgan fingerprint density at radius 1 is 1.00 bits per heavy atom. The van der Waals surface area contributed by atoms with Crippen LogP contribution in [0.15, 0.2) is 65.1 Å². The maximum atomic E-state index is 12.5. The van der Waals surface area contributed by atoms with Crippen LogP contribution in [-0.4, -0.2) is 23.9 Å². The number of furan rings is 1. The number of non-ortho nitro benzene ring substituents is 1. The van der Waals surface area contributed by atoms with Gasteiger partial charge in [0.25, 0.3) is 11.6 Å². The molecule has 4 rings (SSSR count). The van der Waals surface area contributed by atoms with Crippen LogP contribution in [0.1, 0.15) is 29.8 Å². The molecular weight excluding hydrogens is 370 g/mol. The number of hydrogen-bond acceptors (Lipinski definition) is 5. The summed E-state index contributed by atoms with van der Waals surface area (Å²) in [6.45, 7) is 2.14. The van der Waals surface area contributed by atoms with Crippen molar-refractivity contribution in [1.82, 2.24) is 0 Å². The lowest BCUT2D eigenvalue weighted by atomic mass is 10.1. The van der Waals surface area contributed by atoms with E-state index in [2.05, 4.69) is 10.2 Å². The number of nitrogens with one attached hydrogen (secondary N) is 1. The van der Waals surface area contributed by atoms with Gasteiger partial charge in [-0.1, -0.05) is 12.1 Å². The van der Waals surface area contributed by atoms with E-state index >= 15 is 0 Å². The Morgan fingerprint density at radius 2 is 1.76 bits per heavy atom. The molecule has 7 nitrogen and oxygen atoms in total. The highest BCUT2D eigenvalue weighted by Crippen LogP contribution is 2.26. The van der Waals surface area contributed by atoms with Gasteiger partial charge in [-0.05, 0) is 55.7 Å². The number of nitro groups is 1. The second-order valence-corrected chi connectivity index (χ2v) is 7.02. The van der Waals surface area contributed by atoms with E-state index < -0.39 is 4.92 Å². The van der Waals surface area contributed by atoms with Crippen molar-refractivity contribution in [2.75, 3.05) is 23.3 Å². The molecule has 0 aliphatic carbocycles. The van der Waals surface area contributed by atoms with E-state index in [4.69, 9.17) is 4.42 Å². The molecule has 7 heteroatoms. The second kappa shape index (κ2) is 8.18. The first-order valence-electron chi connectivity index (χ1n) is 9.61. The monoisotopic (exact) mass is 391 g/mol. The van der Waals surface area contributed by atoms with E-state index in [1.807, 2.05) is 24.3 Å². The van der Waals surface area contributed by atoms with Crippen LogP contribution in [0.5, 0.6) is 0 Å². The van der Waals surface area contributed by atoms with Crippen LogP contribution in [0, 0.1) is 10.1 Å². The molecule has 1 amide bonds. The van der Waals surface area contributed by atoms with E-state index in [1.54, 1.807) is 24.3 Å². The quantitative estimate of drug-likeness (QED) is 0.483. The second-order valence-electron chi connectivity index (χ2n) is 7.02. The third-order valence-electron chi connectivity index (χ3n) is 5.02. The highest BCUT2D eigenvalue weighted by molar-refractivity contribution is 6.02.